The lowest BCUT2D eigenvalue weighted by Gasteiger charge is -2.42. The van der Waals surface area contributed by atoms with Crippen LogP contribution >= 0.6 is 0 Å². The second-order valence-corrected chi connectivity index (χ2v) is 10.5. The standard InChI is InChI=1S/C29H33FN6O4/c1-6-17-8-10-18(11-9-17)13-31-26(38)20-12-19-24-23(32-21(7-2)34(24)4)27(40-5)33-25(19)36(28(20)39)14-22(37)35-15-29(3,30)16-35/h8-12H,6-7,13-16H2,1-5H3,(H,31,38). The smallest absolute Gasteiger partial charge is 0.265 e. The number of rotatable bonds is 8. The maximum absolute atomic E-state index is 14.1. The Morgan fingerprint density at radius 1 is 1.10 bits per heavy atom. The summed E-state index contributed by atoms with van der Waals surface area (Å²) in [6, 6.07) is 9.37. The summed E-state index contributed by atoms with van der Waals surface area (Å²) < 4.78 is 22.7. The summed E-state index contributed by atoms with van der Waals surface area (Å²) in [5.74, 6) is -0.0470. The number of pyridine rings is 2. The van der Waals surface area contributed by atoms with Gasteiger partial charge in [-0.15, -0.1) is 0 Å². The van der Waals surface area contributed by atoms with Crippen molar-refractivity contribution in [1.29, 1.82) is 0 Å². The van der Waals surface area contributed by atoms with E-state index in [4.69, 9.17) is 4.74 Å². The van der Waals surface area contributed by atoms with Crippen LogP contribution in [-0.4, -0.2) is 61.7 Å². The molecular weight excluding hydrogens is 515 g/mol. The Bertz CT molecular complexity index is 1680. The third-order valence-corrected chi connectivity index (χ3v) is 7.44. The zero-order valence-electron chi connectivity index (χ0n) is 23.4. The van der Waals surface area contributed by atoms with Gasteiger partial charge in [0, 0.05) is 25.4 Å². The average Bonchev–Trinajstić information content (AvgIpc) is 3.27. The molecular formula is C29H33FN6O4. The summed E-state index contributed by atoms with van der Waals surface area (Å²) in [5.41, 5.74) is 1.12. The molecule has 1 N–H and O–H groups in total. The van der Waals surface area contributed by atoms with Crippen LogP contribution in [0.25, 0.3) is 22.1 Å². The van der Waals surface area contributed by atoms with Crippen LogP contribution in [0.4, 0.5) is 4.39 Å². The number of alkyl halides is 1. The van der Waals surface area contributed by atoms with Crippen molar-refractivity contribution in [3.05, 3.63) is 63.2 Å². The molecule has 2 amide bonds. The number of carbonyl (C=O) groups excluding carboxylic acids is 2. The molecule has 0 unspecified atom stereocenters. The summed E-state index contributed by atoms with van der Waals surface area (Å²) in [4.78, 5) is 50.8. The molecule has 0 atom stereocenters. The maximum Gasteiger partial charge on any atom is 0.265 e. The molecule has 0 aliphatic carbocycles. The number of carbonyl (C=O) groups is 2. The Balaban J connectivity index is 1.62. The first-order chi connectivity index (χ1) is 19.1. The van der Waals surface area contributed by atoms with Gasteiger partial charge in [-0.3, -0.25) is 19.0 Å². The van der Waals surface area contributed by atoms with Crippen molar-refractivity contribution < 1.29 is 18.7 Å². The van der Waals surface area contributed by atoms with E-state index in [-0.39, 0.29) is 36.7 Å². The maximum atomic E-state index is 14.1. The number of fused-ring (bicyclic) bond motifs is 3. The van der Waals surface area contributed by atoms with Gasteiger partial charge in [-0.1, -0.05) is 38.1 Å². The van der Waals surface area contributed by atoms with Crippen molar-refractivity contribution in [2.45, 2.75) is 52.4 Å². The van der Waals surface area contributed by atoms with E-state index in [1.807, 2.05) is 42.8 Å². The van der Waals surface area contributed by atoms with Gasteiger partial charge >= 0.3 is 0 Å². The third kappa shape index (κ3) is 4.80. The Morgan fingerprint density at radius 2 is 1.77 bits per heavy atom. The summed E-state index contributed by atoms with van der Waals surface area (Å²) in [7, 11) is 3.30. The molecule has 4 heterocycles. The largest absolute Gasteiger partial charge is 0.479 e. The van der Waals surface area contributed by atoms with Crippen LogP contribution in [0, 0.1) is 0 Å². The molecule has 0 bridgehead atoms. The summed E-state index contributed by atoms with van der Waals surface area (Å²) in [6.07, 6.45) is 1.54. The summed E-state index contributed by atoms with van der Waals surface area (Å²) >= 11 is 0. The van der Waals surface area contributed by atoms with Crippen LogP contribution in [0.2, 0.25) is 0 Å². The molecule has 1 aliphatic heterocycles. The number of likely N-dealkylation sites (tertiary alicyclic amines) is 1. The molecule has 4 aromatic rings. The van der Waals surface area contributed by atoms with E-state index in [0.717, 1.165) is 17.8 Å². The van der Waals surface area contributed by atoms with Crippen molar-refractivity contribution in [3.8, 4) is 5.88 Å². The predicted octanol–water partition coefficient (Wildman–Crippen LogP) is 2.92. The average molecular weight is 549 g/mol. The Hall–Kier alpha value is -4.28. The highest BCUT2D eigenvalue weighted by Gasteiger charge is 2.41. The first-order valence-electron chi connectivity index (χ1n) is 13.4. The number of halogens is 1. The Kier molecular flexibility index (Phi) is 7.07. The number of aromatic nitrogens is 4. The molecule has 0 radical (unpaired) electrons. The van der Waals surface area contributed by atoms with Gasteiger partial charge in [0.15, 0.2) is 5.52 Å². The highest BCUT2D eigenvalue weighted by molar-refractivity contribution is 6.07. The molecule has 5 rings (SSSR count). The molecule has 10 nitrogen and oxygen atoms in total. The first kappa shape index (κ1) is 27.3. The minimum Gasteiger partial charge on any atom is -0.479 e. The topological polar surface area (TPSA) is 111 Å². The van der Waals surface area contributed by atoms with Gasteiger partial charge in [0.1, 0.15) is 29.2 Å². The molecule has 1 fully saturated rings. The van der Waals surface area contributed by atoms with E-state index in [1.54, 1.807) is 0 Å². The van der Waals surface area contributed by atoms with Crippen molar-refractivity contribution in [2.75, 3.05) is 20.2 Å². The number of amides is 2. The summed E-state index contributed by atoms with van der Waals surface area (Å²) in [6.45, 7) is 5.18. The van der Waals surface area contributed by atoms with E-state index in [2.05, 4.69) is 22.2 Å². The molecule has 11 heteroatoms. The van der Waals surface area contributed by atoms with Gasteiger partial charge in [-0.2, -0.15) is 4.98 Å². The highest BCUT2D eigenvalue weighted by atomic mass is 19.1. The Morgan fingerprint density at radius 3 is 2.38 bits per heavy atom. The van der Waals surface area contributed by atoms with Crippen molar-refractivity contribution in [3.63, 3.8) is 0 Å². The summed E-state index contributed by atoms with van der Waals surface area (Å²) in [5, 5.41) is 3.31. The van der Waals surface area contributed by atoms with Crippen LogP contribution in [-0.2, 0) is 37.8 Å². The van der Waals surface area contributed by atoms with Crippen LogP contribution in [0.3, 0.4) is 0 Å². The predicted molar refractivity (Wildman–Crippen MR) is 149 cm³/mol. The number of aryl methyl sites for hydroxylation is 3. The minimum atomic E-state index is -1.46. The SMILES string of the molecule is CCc1ccc(CNC(=O)c2cc3c4c(nc(CC)n4C)c(OC)nc3n(CC(=O)N3CC(C)(F)C3)c2=O)cc1. The molecule has 40 heavy (non-hydrogen) atoms. The van der Waals surface area contributed by atoms with Crippen LogP contribution in [0.5, 0.6) is 5.88 Å². The highest BCUT2D eigenvalue weighted by Crippen LogP contribution is 2.31. The van der Waals surface area contributed by atoms with Gasteiger partial charge in [-0.05, 0) is 30.5 Å². The van der Waals surface area contributed by atoms with Crippen LogP contribution in [0.15, 0.2) is 35.1 Å². The second kappa shape index (κ2) is 10.4. The quantitative estimate of drug-likeness (QED) is 0.363. The number of ether oxygens (including phenoxy) is 1. The molecule has 0 saturated carbocycles. The number of imidazole rings is 1. The van der Waals surface area contributed by atoms with Crippen LogP contribution < -0.4 is 15.6 Å². The monoisotopic (exact) mass is 548 g/mol. The van der Waals surface area contributed by atoms with Crippen molar-refractivity contribution in [2.24, 2.45) is 7.05 Å². The normalized spacial score (nSPS) is 14.4. The molecule has 210 valence electrons. The van der Waals surface area contributed by atoms with Gasteiger partial charge in [0.2, 0.25) is 11.8 Å². The van der Waals surface area contributed by atoms with Gasteiger partial charge in [0.05, 0.1) is 25.7 Å². The zero-order valence-corrected chi connectivity index (χ0v) is 23.4. The van der Waals surface area contributed by atoms with Gasteiger partial charge < -0.3 is 19.5 Å². The lowest BCUT2D eigenvalue weighted by atomic mass is 9.99. The first-order valence-corrected chi connectivity index (χ1v) is 13.4. The zero-order chi connectivity index (χ0) is 28.8. The Labute approximate surface area is 230 Å². The fourth-order valence-corrected chi connectivity index (χ4v) is 5.20. The number of hydrogen-bond acceptors (Lipinski definition) is 6. The second-order valence-electron chi connectivity index (χ2n) is 10.5. The number of methoxy groups -OCH3 is 1. The minimum absolute atomic E-state index is 0.0574. The molecule has 1 saturated heterocycles. The van der Waals surface area contributed by atoms with Crippen molar-refractivity contribution in [1.82, 2.24) is 29.3 Å². The van der Waals surface area contributed by atoms with Crippen molar-refractivity contribution >= 4 is 33.9 Å². The number of nitrogens with one attached hydrogen (secondary N) is 1. The van der Waals surface area contributed by atoms with E-state index < -0.39 is 29.6 Å². The van der Waals surface area contributed by atoms with E-state index >= 15 is 0 Å². The fourth-order valence-electron chi connectivity index (χ4n) is 5.20. The molecule has 1 aliphatic rings. The molecule has 1 aromatic carbocycles. The van der Waals surface area contributed by atoms with Crippen LogP contribution in [0.1, 0.15) is 48.1 Å². The molecule has 0 spiro atoms. The fraction of sp³-hybridized carbons (Fsp3) is 0.414. The molecule has 3 aromatic heterocycles. The lowest BCUT2D eigenvalue weighted by Crippen LogP contribution is -2.60. The van der Waals surface area contributed by atoms with E-state index in [0.29, 0.717) is 22.8 Å². The lowest BCUT2D eigenvalue weighted by molar-refractivity contribution is -0.144. The van der Waals surface area contributed by atoms with Gasteiger partial charge in [-0.25, -0.2) is 9.37 Å². The number of nitrogens with zero attached hydrogens (tertiary/aromatic N) is 5. The van der Waals surface area contributed by atoms with E-state index in [9.17, 15) is 18.8 Å². The number of benzene rings is 1. The van der Waals surface area contributed by atoms with Gasteiger partial charge in [0.25, 0.3) is 11.5 Å². The number of hydrogen-bond donors (Lipinski definition) is 1. The van der Waals surface area contributed by atoms with E-state index in [1.165, 1.54) is 35.1 Å². The third-order valence-electron chi connectivity index (χ3n) is 7.44.